The molecule has 0 saturated carbocycles. The monoisotopic (exact) mass is 392 g/mol. The second kappa shape index (κ2) is 7.33. The first-order valence-electron chi connectivity index (χ1n) is 9.37. The molecule has 2 aliphatic heterocycles. The molecule has 0 spiro atoms. The molecule has 6 nitrogen and oxygen atoms in total. The summed E-state index contributed by atoms with van der Waals surface area (Å²) >= 11 is 1.62. The number of anilines is 1. The quantitative estimate of drug-likeness (QED) is 0.683. The third kappa shape index (κ3) is 3.27. The Hall–Kier alpha value is -2.77. The van der Waals surface area contributed by atoms with Gasteiger partial charge in [0.1, 0.15) is 16.9 Å². The number of ether oxygens (including phenoxy) is 1. The molecule has 0 radical (unpaired) electrons. The van der Waals surface area contributed by atoms with Crippen LogP contribution < -0.4 is 9.64 Å². The van der Waals surface area contributed by atoms with Gasteiger partial charge >= 0.3 is 0 Å². The first-order chi connectivity index (χ1) is 13.8. The molecular weight excluding hydrogens is 372 g/mol. The number of para-hydroxylation sites is 2. The van der Waals surface area contributed by atoms with Gasteiger partial charge in [-0.05, 0) is 24.3 Å². The van der Waals surface area contributed by atoms with Gasteiger partial charge in [-0.1, -0.05) is 18.2 Å². The number of likely N-dealkylation sites (tertiary alicyclic amines) is 1. The van der Waals surface area contributed by atoms with Crippen LogP contribution in [0.1, 0.15) is 17.1 Å². The van der Waals surface area contributed by atoms with E-state index in [9.17, 15) is 4.79 Å². The highest BCUT2D eigenvalue weighted by molar-refractivity contribution is 7.09. The molecule has 4 heterocycles. The fraction of sp³-hybridized carbons (Fsp3) is 0.286. The maximum Gasteiger partial charge on any atom is 0.244 e. The van der Waals surface area contributed by atoms with E-state index in [0.717, 1.165) is 28.7 Å². The topological polar surface area (TPSA) is 58.6 Å². The second-order valence-corrected chi connectivity index (χ2v) is 8.04. The second-order valence-electron chi connectivity index (χ2n) is 7.06. The average molecular weight is 392 g/mol. The van der Waals surface area contributed by atoms with Crippen molar-refractivity contribution in [3.63, 3.8) is 0 Å². The van der Waals surface area contributed by atoms with Gasteiger partial charge in [0.05, 0.1) is 30.5 Å². The highest BCUT2D eigenvalue weighted by Crippen LogP contribution is 2.37. The first kappa shape index (κ1) is 17.3. The van der Waals surface area contributed by atoms with Crippen molar-refractivity contribution in [3.05, 3.63) is 70.9 Å². The number of carbonyl (C=O) groups excluding carboxylic acids is 1. The highest BCUT2D eigenvalue weighted by Gasteiger charge is 2.43. The number of hydrogen-bond acceptors (Lipinski definition) is 6. The van der Waals surface area contributed by atoms with Gasteiger partial charge in [-0.3, -0.25) is 14.7 Å². The summed E-state index contributed by atoms with van der Waals surface area (Å²) in [5.41, 5.74) is 1.66. The predicted molar refractivity (Wildman–Crippen MR) is 107 cm³/mol. The van der Waals surface area contributed by atoms with Crippen LogP contribution in [0, 0.1) is 0 Å². The zero-order valence-corrected chi connectivity index (χ0v) is 16.1. The fourth-order valence-electron chi connectivity index (χ4n) is 3.96. The van der Waals surface area contributed by atoms with Crippen molar-refractivity contribution < 1.29 is 9.53 Å². The van der Waals surface area contributed by atoms with Crippen molar-refractivity contribution in [2.75, 3.05) is 11.4 Å². The van der Waals surface area contributed by atoms with Crippen LogP contribution in [-0.4, -0.2) is 39.5 Å². The Labute approximate surface area is 167 Å². The van der Waals surface area contributed by atoms with Crippen LogP contribution >= 0.6 is 11.3 Å². The van der Waals surface area contributed by atoms with Gasteiger partial charge in [0, 0.05) is 30.7 Å². The van der Waals surface area contributed by atoms with Crippen molar-refractivity contribution in [1.82, 2.24) is 14.9 Å². The van der Waals surface area contributed by atoms with Gasteiger partial charge in [-0.25, -0.2) is 4.98 Å². The summed E-state index contributed by atoms with van der Waals surface area (Å²) in [4.78, 5) is 26.5. The summed E-state index contributed by atoms with van der Waals surface area (Å²) < 4.78 is 6.32. The maximum absolute atomic E-state index is 13.6. The van der Waals surface area contributed by atoms with Crippen LogP contribution in [0.3, 0.4) is 0 Å². The molecule has 7 heteroatoms. The smallest absolute Gasteiger partial charge is 0.244 e. The van der Waals surface area contributed by atoms with Crippen molar-refractivity contribution in [2.45, 2.75) is 31.7 Å². The van der Waals surface area contributed by atoms with Gasteiger partial charge in [0.25, 0.3) is 0 Å². The van der Waals surface area contributed by atoms with E-state index < -0.39 is 0 Å². The standard InChI is InChI=1S/C21H20N4O2S/c26-21-18-11-16(13-24(18)14-20-23-9-10-28-20)27-19-7-2-1-6-17(19)25(21)12-15-5-3-4-8-22-15/h1-10,16,18H,11-14H2/t16-,18-/m0/s1. The molecule has 28 heavy (non-hydrogen) atoms. The van der Waals surface area contributed by atoms with E-state index in [1.54, 1.807) is 17.5 Å². The molecule has 0 aliphatic carbocycles. The molecule has 1 aromatic carbocycles. The van der Waals surface area contributed by atoms with Crippen molar-refractivity contribution in [1.29, 1.82) is 0 Å². The number of benzene rings is 1. The van der Waals surface area contributed by atoms with E-state index in [4.69, 9.17) is 4.74 Å². The van der Waals surface area contributed by atoms with E-state index in [0.29, 0.717) is 19.5 Å². The highest BCUT2D eigenvalue weighted by atomic mass is 32.1. The van der Waals surface area contributed by atoms with Crippen LogP contribution in [0.4, 0.5) is 5.69 Å². The van der Waals surface area contributed by atoms with Crippen LogP contribution in [0.5, 0.6) is 5.75 Å². The Bertz CT molecular complexity index is 964. The van der Waals surface area contributed by atoms with E-state index in [1.807, 2.05) is 58.9 Å². The molecule has 1 amide bonds. The fourth-order valence-corrected chi connectivity index (χ4v) is 4.60. The molecule has 1 fully saturated rings. The Kier molecular flexibility index (Phi) is 4.54. The number of fused-ring (bicyclic) bond motifs is 3. The molecule has 2 atom stereocenters. The molecule has 0 N–H and O–H groups in total. The molecule has 1 saturated heterocycles. The minimum absolute atomic E-state index is 0.00654. The largest absolute Gasteiger partial charge is 0.487 e. The van der Waals surface area contributed by atoms with Gasteiger partial charge in [0.15, 0.2) is 0 Å². The summed E-state index contributed by atoms with van der Waals surface area (Å²) in [7, 11) is 0. The lowest BCUT2D eigenvalue weighted by atomic mass is 10.1. The summed E-state index contributed by atoms with van der Waals surface area (Å²) in [6.07, 6.45) is 4.26. The third-order valence-electron chi connectivity index (χ3n) is 5.23. The molecule has 3 aromatic rings. The summed E-state index contributed by atoms with van der Waals surface area (Å²) in [5.74, 6) is 0.854. The normalized spacial score (nSPS) is 21.7. The van der Waals surface area contributed by atoms with Crippen LogP contribution in [-0.2, 0) is 17.9 Å². The Morgan fingerprint density at radius 1 is 1.07 bits per heavy atom. The van der Waals surface area contributed by atoms with E-state index >= 15 is 0 Å². The van der Waals surface area contributed by atoms with Crippen LogP contribution in [0.25, 0.3) is 0 Å². The minimum atomic E-state index is -0.217. The SMILES string of the molecule is O=C1[C@@H]2C[C@@H](CN2Cc2nccs2)Oc2ccccc2N1Cc1ccccn1. The van der Waals surface area contributed by atoms with Crippen molar-refractivity contribution in [3.8, 4) is 5.75 Å². The maximum atomic E-state index is 13.6. The third-order valence-corrected chi connectivity index (χ3v) is 6.00. The van der Waals surface area contributed by atoms with Crippen molar-refractivity contribution in [2.24, 2.45) is 0 Å². The Balaban J connectivity index is 1.50. The lowest BCUT2D eigenvalue weighted by Gasteiger charge is -2.31. The van der Waals surface area contributed by atoms with Crippen LogP contribution in [0.15, 0.2) is 60.2 Å². The summed E-state index contributed by atoms with van der Waals surface area (Å²) in [6, 6.07) is 13.3. The molecule has 2 aliphatic rings. The van der Waals surface area contributed by atoms with Gasteiger partial charge < -0.3 is 9.64 Å². The molecule has 142 valence electrons. The number of nitrogens with zero attached hydrogens (tertiary/aromatic N) is 4. The van der Waals surface area contributed by atoms with Gasteiger partial charge in [-0.2, -0.15) is 0 Å². The van der Waals surface area contributed by atoms with Crippen molar-refractivity contribution >= 4 is 22.9 Å². The molecule has 0 unspecified atom stereocenters. The van der Waals surface area contributed by atoms with Gasteiger partial charge in [-0.15, -0.1) is 11.3 Å². The van der Waals surface area contributed by atoms with Gasteiger partial charge in [0.2, 0.25) is 5.91 Å². The molecule has 5 rings (SSSR count). The molecule has 2 aromatic heterocycles. The number of thiazole rings is 1. The Morgan fingerprint density at radius 3 is 2.79 bits per heavy atom. The number of rotatable bonds is 4. The van der Waals surface area contributed by atoms with Crippen LogP contribution in [0.2, 0.25) is 0 Å². The average Bonchev–Trinajstić information content (AvgIpc) is 3.37. The number of hydrogen-bond donors (Lipinski definition) is 0. The predicted octanol–water partition coefficient (Wildman–Crippen LogP) is 3.11. The number of pyridine rings is 1. The molecule has 2 bridgehead atoms. The van der Waals surface area contributed by atoms with E-state index in [-0.39, 0.29) is 18.1 Å². The first-order valence-corrected chi connectivity index (χ1v) is 10.3. The number of carbonyl (C=O) groups is 1. The number of amides is 1. The zero-order valence-electron chi connectivity index (χ0n) is 15.3. The minimum Gasteiger partial charge on any atom is -0.487 e. The summed E-state index contributed by atoms with van der Waals surface area (Å²) in [6.45, 7) is 1.82. The van der Waals surface area contributed by atoms with E-state index in [1.165, 1.54) is 0 Å². The van der Waals surface area contributed by atoms with E-state index in [2.05, 4.69) is 14.9 Å². The lowest BCUT2D eigenvalue weighted by molar-refractivity contribution is -0.123. The molecular formula is C21H20N4O2S. The number of aromatic nitrogens is 2. The zero-order chi connectivity index (χ0) is 18.9. The summed E-state index contributed by atoms with van der Waals surface area (Å²) in [5, 5.41) is 2.99. The lowest BCUT2D eigenvalue weighted by Crippen LogP contribution is -2.45. The Morgan fingerprint density at radius 2 is 1.96 bits per heavy atom.